The predicted molar refractivity (Wildman–Crippen MR) is 53.6 cm³/mol. The molecule has 7 nitrogen and oxygen atoms in total. The summed E-state index contributed by atoms with van der Waals surface area (Å²) in [5.41, 5.74) is 5.47. The van der Waals surface area contributed by atoms with Crippen molar-refractivity contribution >= 4 is 11.9 Å². The lowest BCUT2D eigenvalue weighted by Gasteiger charge is -2.35. The van der Waals surface area contributed by atoms with Crippen LogP contribution in [0.2, 0.25) is 0 Å². The molecule has 0 spiro atoms. The maximum Gasteiger partial charge on any atom is 0.305 e. The highest BCUT2D eigenvalue weighted by molar-refractivity contribution is 5.86. The van der Waals surface area contributed by atoms with Crippen LogP contribution in [0.3, 0.4) is 0 Å². The zero-order valence-corrected chi connectivity index (χ0v) is 8.83. The minimum absolute atomic E-state index is 0.217. The van der Waals surface area contributed by atoms with Gasteiger partial charge in [-0.2, -0.15) is 0 Å². The molecule has 1 rings (SSSR count). The van der Waals surface area contributed by atoms with Crippen LogP contribution >= 0.6 is 0 Å². The Labute approximate surface area is 92.8 Å². The normalized spacial score (nSPS) is 22.9. The van der Waals surface area contributed by atoms with Gasteiger partial charge in [0.15, 0.2) is 0 Å². The summed E-state index contributed by atoms with van der Waals surface area (Å²) >= 11 is 0. The Morgan fingerprint density at radius 1 is 1.56 bits per heavy atom. The number of amides is 1. The van der Waals surface area contributed by atoms with Crippen LogP contribution in [0.25, 0.3) is 0 Å². The molecular formula is C9H16N2O5. The highest BCUT2D eigenvalue weighted by Crippen LogP contribution is 2.09. The molecule has 2 unspecified atom stereocenters. The number of carboxylic acid groups (broad SMARTS) is 1. The van der Waals surface area contributed by atoms with E-state index in [0.29, 0.717) is 13.2 Å². The molecule has 1 heterocycles. The quantitative estimate of drug-likeness (QED) is 0.517. The van der Waals surface area contributed by atoms with E-state index >= 15 is 0 Å². The van der Waals surface area contributed by atoms with Crippen LogP contribution < -0.4 is 5.73 Å². The molecule has 4 N–H and O–H groups in total. The van der Waals surface area contributed by atoms with Gasteiger partial charge in [0.05, 0.1) is 38.3 Å². The maximum atomic E-state index is 11.8. The molecule has 0 aromatic rings. The monoisotopic (exact) mass is 232 g/mol. The fraction of sp³-hybridized carbons (Fsp3) is 0.778. The fourth-order valence-corrected chi connectivity index (χ4v) is 1.58. The van der Waals surface area contributed by atoms with Crippen LogP contribution in [0.1, 0.15) is 6.42 Å². The Morgan fingerprint density at radius 2 is 2.25 bits per heavy atom. The van der Waals surface area contributed by atoms with Gasteiger partial charge in [0.1, 0.15) is 0 Å². The third-order valence-electron chi connectivity index (χ3n) is 2.43. The van der Waals surface area contributed by atoms with Gasteiger partial charge in [-0.05, 0) is 0 Å². The van der Waals surface area contributed by atoms with E-state index in [-0.39, 0.29) is 13.2 Å². The van der Waals surface area contributed by atoms with E-state index in [1.165, 1.54) is 4.90 Å². The summed E-state index contributed by atoms with van der Waals surface area (Å²) in [4.78, 5) is 23.6. The lowest BCUT2D eigenvalue weighted by molar-refractivity contribution is -0.147. The van der Waals surface area contributed by atoms with E-state index < -0.39 is 30.4 Å². The lowest BCUT2D eigenvalue weighted by Crippen LogP contribution is -2.55. The van der Waals surface area contributed by atoms with Gasteiger partial charge >= 0.3 is 5.97 Å². The molecule has 0 aromatic heterocycles. The summed E-state index contributed by atoms with van der Waals surface area (Å²) in [7, 11) is 0. The Kier molecular flexibility index (Phi) is 4.66. The topological polar surface area (TPSA) is 113 Å². The molecule has 0 aliphatic carbocycles. The molecule has 0 aromatic carbocycles. The molecule has 2 atom stereocenters. The number of morpholine rings is 1. The highest BCUT2D eigenvalue weighted by atomic mass is 16.5. The summed E-state index contributed by atoms with van der Waals surface area (Å²) in [6.07, 6.45) is -0.408. The lowest BCUT2D eigenvalue weighted by atomic mass is 10.1. The van der Waals surface area contributed by atoms with E-state index in [4.69, 9.17) is 20.7 Å². The van der Waals surface area contributed by atoms with E-state index in [1.54, 1.807) is 0 Å². The molecule has 1 fully saturated rings. The Bertz CT molecular complexity index is 271. The Hall–Kier alpha value is -1.18. The molecule has 1 amide bonds. The van der Waals surface area contributed by atoms with Crippen molar-refractivity contribution in [2.75, 3.05) is 26.4 Å². The summed E-state index contributed by atoms with van der Waals surface area (Å²) < 4.78 is 5.10. The first kappa shape index (κ1) is 12.9. The van der Waals surface area contributed by atoms with Crippen molar-refractivity contribution in [1.82, 2.24) is 4.90 Å². The van der Waals surface area contributed by atoms with Gasteiger partial charge in [-0.1, -0.05) is 0 Å². The summed E-state index contributed by atoms with van der Waals surface area (Å²) in [5, 5.41) is 17.6. The molecule has 0 bridgehead atoms. The zero-order valence-electron chi connectivity index (χ0n) is 8.83. The summed E-state index contributed by atoms with van der Waals surface area (Å²) in [6, 6.07) is -1.49. The number of hydrogen-bond donors (Lipinski definition) is 3. The third-order valence-corrected chi connectivity index (χ3v) is 2.43. The van der Waals surface area contributed by atoms with Crippen LogP contribution in [-0.4, -0.2) is 65.4 Å². The number of aliphatic hydroxyl groups excluding tert-OH is 1. The number of carbonyl (C=O) groups is 2. The second kappa shape index (κ2) is 5.78. The largest absolute Gasteiger partial charge is 0.481 e. The van der Waals surface area contributed by atoms with Crippen molar-refractivity contribution in [1.29, 1.82) is 0 Å². The summed E-state index contributed by atoms with van der Waals surface area (Å²) in [6.45, 7) is 0.743. The van der Waals surface area contributed by atoms with E-state index in [9.17, 15) is 9.59 Å². The van der Waals surface area contributed by atoms with Gasteiger partial charge in [0.2, 0.25) is 5.91 Å². The van der Waals surface area contributed by atoms with Crippen LogP contribution in [0.5, 0.6) is 0 Å². The molecule has 0 radical (unpaired) electrons. The van der Waals surface area contributed by atoms with Crippen molar-refractivity contribution in [3.05, 3.63) is 0 Å². The Morgan fingerprint density at radius 3 is 2.81 bits per heavy atom. The Balaban J connectivity index is 2.59. The average Bonchev–Trinajstić information content (AvgIpc) is 2.27. The number of aliphatic carboxylic acids is 1. The number of carbonyl (C=O) groups excluding carboxylic acids is 1. The van der Waals surface area contributed by atoms with Crippen molar-refractivity contribution in [3.63, 3.8) is 0 Å². The molecule has 1 aliphatic heterocycles. The molecule has 1 aliphatic rings. The van der Waals surface area contributed by atoms with Crippen molar-refractivity contribution in [3.8, 4) is 0 Å². The number of ether oxygens (including phenoxy) is 1. The summed E-state index contributed by atoms with van der Waals surface area (Å²) in [5.74, 6) is -1.57. The number of rotatable bonds is 4. The first-order valence-electron chi connectivity index (χ1n) is 5.02. The highest BCUT2D eigenvalue weighted by Gasteiger charge is 2.30. The van der Waals surface area contributed by atoms with Gasteiger partial charge in [-0.25, -0.2) is 0 Å². The van der Waals surface area contributed by atoms with Crippen LogP contribution in [0.4, 0.5) is 0 Å². The molecule has 16 heavy (non-hydrogen) atoms. The zero-order chi connectivity index (χ0) is 12.1. The minimum Gasteiger partial charge on any atom is -0.481 e. The minimum atomic E-state index is -1.12. The van der Waals surface area contributed by atoms with Crippen molar-refractivity contribution in [2.45, 2.75) is 18.5 Å². The number of hydrogen-bond acceptors (Lipinski definition) is 5. The number of aliphatic hydroxyl groups is 1. The molecule has 7 heteroatoms. The van der Waals surface area contributed by atoms with Gasteiger partial charge in [-0.3, -0.25) is 9.59 Å². The second-order valence-corrected chi connectivity index (χ2v) is 3.65. The SMILES string of the molecule is NC(CC(=O)O)C(=O)N1CCOCC1CO. The van der Waals surface area contributed by atoms with Crippen molar-refractivity contribution in [2.24, 2.45) is 5.73 Å². The van der Waals surface area contributed by atoms with Crippen LogP contribution in [0.15, 0.2) is 0 Å². The van der Waals surface area contributed by atoms with Crippen LogP contribution in [0, 0.1) is 0 Å². The van der Waals surface area contributed by atoms with Crippen LogP contribution in [-0.2, 0) is 14.3 Å². The van der Waals surface area contributed by atoms with Gasteiger partial charge in [0.25, 0.3) is 0 Å². The van der Waals surface area contributed by atoms with Gasteiger partial charge in [-0.15, -0.1) is 0 Å². The second-order valence-electron chi connectivity index (χ2n) is 3.65. The molecule has 1 saturated heterocycles. The predicted octanol–water partition coefficient (Wildman–Crippen LogP) is -1.99. The van der Waals surface area contributed by atoms with Gasteiger partial charge < -0.3 is 25.6 Å². The number of nitrogens with zero attached hydrogens (tertiary/aromatic N) is 1. The fourth-order valence-electron chi connectivity index (χ4n) is 1.58. The van der Waals surface area contributed by atoms with E-state index in [2.05, 4.69) is 0 Å². The van der Waals surface area contributed by atoms with E-state index in [1.807, 2.05) is 0 Å². The first-order valence-corrected chi connectivity index (χ1v) is 5.02. The molecule has 92 valence electrons. The van der Waals surface area contributed by atoms with Gasteiger partial charge in [0, 0.05) is 6.54 Å². The van der Waals surface area contributed by atoms with Crippen molar-refractivity contribution < 1.29 is 24.5 Å². The standard InChI is InChI=1S/C9H16N2O5/c10-7(3-8(13)14)9(15)11-1-2-16-5-6(11)4-12/h6-7,12H,1-5,10H2,(H,13,14). The maximum absolute atomic E-state index is 11.8. The third kappa shape index (κ3) is 3.16. The van der Waals surface area contributed by atoms with E-state index in [0.717, 1.165) is 0 Å². The first-order chi connectivity index (χ1) is 7.56. The number of nitrogens with two attached hydrogens (primary N) is 1. The average molecular weight is 232 g/mol. The number of carboxylic acids is 1. The molecular weight excluding hydrogens is 216 g/mol. The smallest absolute Gasteiger partial charge is 0.305 e. The molecule has 0 saturated carbocycles.